The number of benzene rings is 6. The molecular formula is C75H91BrN12O3. The number of hydrogen-bond acceptors (Lipinski definition) is 15. The zero-order valence-corrected chi connectivity index (χ0v) is 56.2. The van der Waals surface area contributed by atoms with Crippen molar-refractivity contribution in [3.05, 3.63) is 204 Å². The quantitative estimate of drug-likeness (QED) is 0.114. The van der Waals surface area contributed by atoms with E-state index in [1.54, 1.807) is 18.3 Å². The molecule has 0 aliphatic carbocycles. The van der Waals surface area contributed by atoms with Crippen molar-refractivity contribution in [3.63, 3.8) is 0 Å². The SMILES string of the molecule is Brc1cnc2ccc(OCc3ccccc3)cc2c1.CN(C)[C@H]1CCN(c2cnc3ccc(O)cc3c2)C1.CN(C)[C@H]1CCN(c2cnc3ccc(OCc4ccccc4)cc3c2)C1.CN(C)[C@H]1CCNC1.Cc1ccc2ncc(N3CC[C@H](N(C)C)C3)cc2c1. The number of likely N-dealkylation sites (N-methyl/N-ethyl adjacent to an activating group) is 4. The van der Waals surface area contributed by atoms with Crippen molar-refractivity contribution in [3.8, 4) is 17.2 Å². The van der Waals surface area contributed by atoms with Crippen molar-refractivity contribution >= 4 is 76.6 Å². The van der Waals surface area contributed by atoms with Crippen LogP contribution >= 0.6 is 15.9 Å². The maximum atomic E-state index is 9.55. The van der Waals surface area contributed by atoms with Crippen molar-refractivity contribution in [1.29, 1.82) is 0 Å². The highest BCUT2D eigenvalue weighted by atomic mass is 79.9. The molecule has 14 rings (SSSR count). The summed E-state index contributed by atoms with van der Waals surface area (Å²) in [5.41, 5.74) is 11.2. The molecule has 4 fully saturated rings. The van der Waals surface area contributed by atoms with Gasteiger partial charge in [-0.1, -0.05) is 72.3 Å². The lowest BCUT2D eigenvalue weighted by Gasteiger charge is -2.21. The maximum Gasteiger partial charge on any atom is 0.120 e. The highest BCUT2D eigenvalue weighted by Gasteiger charge is 2.27. The van der Waals surface area contributed by atoms with E-state index in [4.69, 9.17) is 9.47 Å². The first-order chi connectivity index (χ1) is 44.1. The van der Waals surface area contributed by atoms with Gasteiger partial charge in [0.15, 0.2) is 0 Å². The van der Waals surface area contributed by atoms with E-state index in [9.17, 15) is 5.11 Å². The molecule has 0 amide bonds. The summed E-state index contributed by atoms with van der Waals surface area (Å²) < 4.78 is 12.7. The van der Waals surface area contributed by atoms with Gasteiger partial charge in [-0.25, -0.2) is 0 Å². The Morgan fingerprint density at radius 1 is 0.451 bits per heavy atom. The Kier molecular flexibility index (Phi) is 23.1. The first-order valence-electron chi connectivity index (χ1n) is 31.9. The molecule has 10 aromatic rings. The number of hydrogen-bond donors (Lipinski definition) is 2. The molecule has 15 nitrogen and oxygen atoms in total. The van der Waals surface area contributed by atoms with E-state index in [0.717, 1.165) is 111 Å². The molecule has 91 heavy (non-hydrogen) atoms. The zero-order valence-electron chi connectivity index (χ0n) is 54.6. The third kappa shape index (κ3) is 18.6. The number of phenolic OH excluding ortho intramolecular Hbond substituents is 1. The number of nitrogens with one attached hydrogen (secondary N) is 1. The summed E-state index contributed by atoms with van der Waals surface area (Å²) in [7, 11) is 17.2. The second-order valence-corrected chi connectivity index (χ2v) is 26.1. The molecule has 4 aromatic heterocycles. The molecule has 0 unspecified atom stereocenters. The van der Waals surface area contributed by atoms with Gasteiger partial charge in [0.05, 0.1) is 57.7 Å². The highest BCUT2D eigenvalue weighted by Crippen LogP contribution is 2.31. The molecule has 4 saturated heterocycles. The van der Waals surface area contributed by atoms with Gasteiger partial charge in [0.1, 0.15) is 30.5 Å². The molecule has 8 heterocycles. The number of ether oxygens (including phenoxy) is 2. The van der Waals surface area contributed by atoms with Crippen LogP contribution in [0.15, 0.2) is 187 Å². The molecular weight excluding hydrogens is 1200 g/mol. The summed E-state index contributed by atoms with van der Waals surface area (Å²) in [5.74, 6) is 2.03. The second kappa shape index (κ2) is 31.9. The van der Waals surface area contributed by atoms with Gasteiger partial charge < -0.3 is 54.2 Å². The Bertz CT molecular complexity index is 3820. The van der Waals surface area contributed by atoms with E-state index in [-0.39, 0.29) is 0 Å². The van der Waals surface area contributed by atoms with Crippen LogP contribution in [0.1, 0.15) is 42.4 Å². The predicted octanol–water partition coefficient (Wildman–Crippen LogP) is 13.2. The van der Waals surface area contributed by atoms with Crippen LogP contribution in [0.25, 0.3) is 43.6 Å². The van der Waals surface area contributed by atoms with E-state index >= 15 is 0 Å². The van der Waals surface area contributed by atoms with E-state index in [1.807, 2.05) is 97.5 Å². The molecule has 476 valence electrons. The van der Waals surface area contributed by atoms with Crippen LogP contribution in [0, 0.1) is 6.92 Å². The van der Waals surface area contributed by atoms with Gasteiger partial charge >= 0.3 is 0 Å². The fourth-order valence-electron chi connectivity index (χ4n) is 12.0. The summed E-state index contributed by atoms with van der Waals surface area (Å²) in [6.07, 6.45) is 12.7. The van der Waals surface area contributed by atoms with Gasteiger partial charge in [0, 0.05) is 102 Å². The third-order valence-electron chi connectivity index (χ3n) is 17.8. The molecule has 4 aliphatic rings. The molecule has 0 bridgehead atoms. The van der Waals surface area contributed by atoms with Crippen molar-refractivity contribution in [2.24, 2.45) is 0 Å². The van der Waals surface area contributed by atoms with E-state index in [1.165, 1.54) is 66.7 Å². The minimum atomic E-state index is 0.291. The standard InChI is InChI=1S/C22H25N3O.C16H12BrNO.C16H21N3.C15H19N3O.C6H14N2/c1-24(2)19-10-11-25(15-19)20-12-18-13-21(8-9-22(18)23-14-20)26-16-17-6-4-3-5-7-17;17-14-8-13-9-15(6-7-16(13)18-10-14)19-11-12-4-2-1-3-5-12;1-12-4-5-16-13(8-12)9-15(10-17-16)19-7-6-14(11-19)18(2)3;1-17(2)12-5-6-18(10-12)13-7-11-8-14(19)3-4-15(11)16-9-13;1-8(2)6-3-4-7-5-6/h3-9,12-14,19H,10-11,15-16H2,1-2H3;1-10H,11H2;4-5,8-10,14H,6-7,11H2,1-3H3;3-4,7-9,12,19H,5-6,10H2,1-2H3;6-7H,3-5H2,1-2H3/t19-;;14-;12-;6-/m0.000/s1. The summed E-state index contributed by atoms with van der Waals surface area (Å²) >= 11 is 3.43. The van der Waals surface area contributed by atoms with Crippen LogP contribution in [0.2, 0.25) is 0 Å². The third-order valence-corrected chi connectivity index (χ3v) is 18.2. The Hall–Kier alpha value is -7.96. The molecule has 0 saturated carbocycles. The van der Waals surface area contributed by atoms with Crippen LogP contribution in [-0.2, 0) is 13.2 Å². The first-order valence-corrected chi connectivity index (χ1v) is 32.7. The van der Waals surface area contributed by atoms with E-state index in [0.29, 0.717) is 37.1 Å². The lowest BCUT2D eigenvalue weighted by atomic mass is 10.1. The highest BCUT2D eigenvalue weighted by molar-refractivity contribution is 9.10. The minimum absolute atomic E-state index is 0.291. The van der Waals surface area contributed by atoms with Gasteiger partial charge in [-0.05, 0) is 214 Å². The maximum absolute atomic E-state index is 9.55. The Morgan fingerprint density at radius 3 is 1.25 bits per heavy atom. The molecule has 4 aliphatic heterocycles. The van der Waals surface area contributed by atoms with E-state index in [2.05, 4.69) is 206 Å². The fourth-order valence-corrected chi connectivity index (χ4v) is 12.3. The first kappa shape index (κ1) is 66.0. The molecule has 2 N–H and O–H groups in total. The summed E-state index contributed by atoms with van der Waals surface area (Å²) in [5, 5.41) is 17.3. The fraction of sp³-hybridized carbons (Fsp3) is 0.360. The number of rotatable bonds is 13. The minimum Gasteiger partial charge on any atom is -0.508 e. The number of pyridine rings is 4. The molecule has 0 radical (unpaired) electrons. The largest absolute Gasteiger partial charge is 0.508 e. The molecule has 16 heteroatoms. The van der Waals surface area contributed by atoms with Crippen molar-refractivity contribution < 1.29 is 14.6 Å². The molecule has 0 spiro atoms. The van der Waals surface area contributed by atoms with Crippen LogP contribution in [-0.4, -0.2) is 178 Å². The Balaban J connectivity index is 0.000000129. The summed E-state index contributed by atoms with van der Waals surface area (Å²) in [6, 6.07) is 55.5. The van der Waals surface area contributed by atoms with Crippen molar-refractivity contribution in [2.75, 3.05) is 123 Å². The average molecular weight is 1290 g/mol. The van der Waals surface area contributed by atoms with Gasteiger partial charge in [0.2, 0.25) is 0 Å². The van der Waals surface area contributed by atoms with Gasteiger partial charge in [-0.15, -0.1) is 0 Å². The topological polar surface area (TPSA) is 125 Å². The number of aryl methyl sites for hydroxylation is 1. The molecule has 4 atom stereocenters. The van der Waals surface area contributed by atoms with Crippen LogP contribution in [0.3, 0.4) is 0 Å². The van der Waals surface area contributed by atoms with Crippen LogP contribution in [0.4, 0.5) is 17.1 Å². The number of nitrogens with zero attached hydrogens (tertiary/aromatic N) is 11. The lowest BCUT2D eigenvalue weighted by molar-refractivity contribution is 0.306. The van der Waals surface area contributed by atoms with Crippen molar-refractivity contribution in [2.45, 2.75) is 70.0 Å². The van der Waals surface area contributed by atoms with Crippen LogP contribution in [0.5, 0.6) is 17.2 Å². The Labute approximate surface area is 547 Å². The predicted molar refractivity (Wildman–Crippen MR) is 380 cm³/mol. The number of aromatic hydroxyl groups is 1. The number of phenols is 1. The normalized spacial score (nSPS) is 17.9. The van der Waals surface area contributed by atoms with Crippen LogP contribution < -0.4 is 29.5 Å². The zero-order chi connectivity index (χ0) is 63.8. The monoisotopic (exact) mass is 1290 g/mol. The lowest BCUT2D eigenvalue weighted by Crippen LogP contribution is -2.31. The summed E-state index contributed by atoms with van der Waals surface area (Å²) in [4.78, 5) is 34.4. The number of halogens is 1. The second-order valence-electron chi connectivity index (χ2n) is 25.2. The summed E-state index contributed by atoms with van der Waals surface area (Å²) in [6.45, 7) is 12.1. The number of anilines is 3. The van der Waals surface area contributed by atoms with Gasteiger partial charge in [0.25, 0.3) is 0 Å². The van der Waals surface area contributed by atoms with Gasteiger partial charge in [-0.2, -0.15) is 0 Å². The molecule has 6 aromatic carbocycles. The smallest absolute Gasteiger partial charge is 0.120 e. The van der Waals surface area contributed by atoms with Gasteiger partial charge in [-0.3, -0.25) is 19.9 Å². The Morgan fingerprint density at radius 2 is 0.846 bits per heavy atom. The van der Waals surface area contributed by atoms with Crippen molar-refractivity contribution in [1.82, 2.24) is 44.9 Å². The number of fused-ring (bicyclic) bond motifs is 4. The number of aromatic nitrogens is 4. The average Bonchev–Trinajstić information content (AvgIpc) is 2.17. The van der Waals surface area contributed by atoms with E-state index < -0.39 is 0 Å².